The standard InChI is InChI=1S/C19H25NO5S/c1-4-20(17-11-12-26(23,24)13-17)19(22)15(3)25-18(21)10-9-16-7-5-14(2)6-8-16/h5-10,15,17H,4,11-13H2,1-3H3/b10-9+/t15-,17-/m1/s1. The second kappa shape index (κ2) is 8.49. The van der Waals surface area contributed by atoms with Crippen LogP contribution in [-0.4, -0.2) is 55.4 Å². The molecular weight excluding hydrogens is 354 g/mol. The molecule has 1 heterocycles. The maximum Gasteiger partial charge on any atom is 0.331 e. The van der Waals surface area contributed by atoms with Gasteiger partial charge in [0.15, 0.2) is 15.9 Å². The summed E-state index contributed by atoms with van der Waals surface area (Å²) in [6.45, 7) is 5.64. The molecule has 2 atom stereocenters. The smallest absolute Gasteiger partial charge is 0.331 e. The number of hydrogen-bond donors (Lipinski definition) is 0. The molecule has 0 spiro atoms. The van der Waals surface area contributed by atoms with Crippen molar-refractivity contribution < 1.29 is 22.7 Å². The lowest BCUT2D eigenvalue weighted by Gasteiger charge is -2.29. The van der Waals surface area contributed by atoms with Gasteiger partial charge in [0.2, 0.25) is 0 Å². The molecule has 1 aromatic rings. The van der Waals surface area contributed by atoms with Gasteiger partial charge in [-0.2, -0.15) is 0 Å². The van der Waals surface area contributed by atoms with E-state index in [0.717, 1.165) is 11.1 Å². The molecule has 26 heavy (non-hydrogen) atoms. The third-order valence-corrected chi connectivity index (χ3v) is 6.15. The Bertz CT molecular complexity index is 783. The van der Waals surface area contributed by atoms with Crippen LogP contribution in [0.15, 0.2) is 30.3 Å². The van der Waals surface area contributed by atoms with Crippen molar-refractivity contribution in [3.05, 3.63) is 41.5 Å². The van der Waals surface area contributed by atoms with Gasteiger partial charge in [-0.05, 0) is 38.8 Å². The highest BCUT2D eigenvalue weighted by Gasteiger charge is 2.36. The van der Waals surface area contributed by atoms with E-state index >= 15 is 0 Å². The molecule has 0 saturated carbocycles. The highest BCUT2D eigenvalue weighted by Crippen LogP contribution is 2.19. The van der Waals surface area contributed by atoms with Gasteiger partial charge in [-0.25, -0.2) is 13.2 Å². The fourth-order valence-corrected chi connectivity index (χ4v) is 4.69. The molecule has 1 amide bonds. The number of esters is 1. The van der Waals surface area contributed by atoms with Gasteiger partial charge in [0, 0.05) is 18.7 Å². The maximum atomic E-state index is 12.5. The summed E-state index contributed by atoms with van der Waals surface area (Å²) in [6, 6.07) is 7.29. The lowest BCUT2D eigenvalue weighted by atomic mass is 10.1. The number of aryl methyl sites for hydroxylation is 1. The van der Waals surface area contributed by atoms with Crippen LogP contribution >= 0.6 is 0 Å². The van der Waals surface area contributed by atoms with Crippen molar-refractivity contribution in [3.8, 4) is 0 Å². The van der Waals surface area contributed by atoms with Crippen LogP contribution in [0.3, 0.4) is 0 Å². The summed E-state index contributed by atoms with van der Waals surface area (Å²) < 4.78 is 28.5. The molecule has 1 aliphatic heterocycles. The van der Waals surface area contributed by atoms with Crippen molar-refractivity contribution in [1.82, 2.24) is 4.90 Å². The topological polar surface area (TPSA) is 80.8 Å². The van der Waals surface area contributed by atoms with Crippen LogP contribution in [0.25, 0.3) is 6.08 Å². The number of likely N-dealkylation sites (N-methyl/N-ethyl adjacent to an activating group) is 1. The van der Waals surface area contributed by atoms with Crippen LogP contribution in [0.5, 0.6) is 0 Å². The third kappa shape index (κ3) is 5.42. The van der Waals surface area contributed by atoms with Crippen LogP contribution in [0.4, 0.5) is 0 Å². The Hall–Kier alpha value is -2.15. The molecule has 7 heteroatoms. The molecule has 1 aliphatic rings. The molecule has 6 nitrogen and oxygen atoms in total. The average Bonchev–Trinajstić information content (AvgIpc) is 2.94. The fourth-order valence-electron chi connectivity index (χ4n) is 2.95. The molecule has 0 aromatic heterocycles. The maximum absolute atomic E-state index is 12.5. The Labute approximate surface area is 154 Å². The molecule has 0 N–H and O–H groups in total. The number of carbonyl (C=O) groups excluding carboxylic acids is 2. The first kappa shape index (κ1) is 20.2. The highest BCUT2D eigenvalue weighted by atomic mass is 32.2. The summed E-state index contributed by atoms with van der Waals surface area (Å²) in [5.41, 5.74) is 1.98. The lowest BCUT2D eigenvalue weighted by molar-refractivity contribution is -0.156. The van der Waals surface area contributed by atoms with Crippen LogP contribution < -0.4 is 0 Å². The number of amides is 1. The van der Waals surface area contributed by atoms with E-state index in [1.165, 1.54) is 17.9 Å². The molecule has 1 aromatic carbocycles. The zero-order chi connectivity index (χ0) is 19.3. The van der Waals surface area contributed by atoms with Crippen molar-refractivity contribution in [2.24, 2.45) is 0 Å². The number of ether oxygens (including phenoxy) is 1. The first-order chi connectivity index (χ1) is 12.2. The zero-order valence-electron chi connectivity index (χ0n) is 15.3. The quantitative estimate of drug-likeness (QED) is 0.558. The minimum Gasteiger partial charge on any atom is -0.449 e. The van der Waals surface area contributed by atoms with E-state index in [1.54, 1.807) is 13.0 Å². The zero-order valence-corrected chi connectivity index (χ0v) is 16.2. The van der Waals surface area contributed by atoms with Crippen molar-refractivity contribution in [1.29, 1.82) is 0 Å². The first-order valence-electron chi connectivity index (χ1n) is 8.68. The summed E-state index contributed by atoms with van der Waals surface area (Å²) >= 11 is 0. The molecule has 0 radical (unpaired) electrons. The van der Waals surface area contributed by atoms with Crippen molar-refractivity contribution >= 4 is 27.8 Å². The van der Waals surface area contributed by atoms with E-state index in [4.69, 9.17) is 4.74 Å². The fraction of sp³-hybridized carbons (Fsp3) is 0.474. The number of carbonyl (C=O) groups is 2. The molecule has 2 rings (SSSR count). The van der Waals surface area contributed by atoms with Crippen LogP contribution in [0.1, 0.15) is 31.4 Å². The number of rotatable bonds is 6. The van der Waals surface area contributed by atoms with Crippen LogP contribution in [0, 0.1) is 6.92 Å². The molecule has 0 bridgehead atoms. The van der Waals surface area contributed by atoms with E-state index in [2.05, 4.69) is 0 Å². The minimum absolute atomic E-state index is 0.0272. The Morgan fingerprint density at radius 2 is 1.96 bits per heavy atom. The normalized spacial score (nSPS) is 20.0. The Kier molecular flexibility index (Phi) is 6.58. The number of sulfone groups is 1. The molecule has 0 aliphatic carbocycles. The van der Waals surface area contributed by atoms with Crippen molar-refractivity contribution in [2.45, 2.75) is 39.3 Å². The molecule has 0 unspecified atom stereocenters. The molecule has 1 fully saturated rings. The van der Waals surface area contributed by atoms with Crippen LogP contribution in [0.2, 0.25) is 0 Å². The largest absolute Gasteiger partial charge is 0.449 e. The average molecular weight is 379 g/mol. The molecular formula is C19H25NO5S. The summed E-state index contributed by atoms with van der Waals surface area (Å²) in [7, 11) is -3.09. The monoisotopic (exact) mass is 379 g/mol. The van der Waals surface area contributed by atoms with Gasteiger partial charge >= 0.3 is 5.97 Å². The van der Waals surface area contributed by atoms with E-state index < -0.39 is 21.9 Å². The van der Waals surface area contributed by atoms with E-state index in [-0.39, 0.29) is 23.5 Å². The van der Waals surface area contributed by atoms with Crippen LogP contribution in [-0.2, 0) is 24.2 Å². The lowest BCUT2D eigenvalue weighted by Crippen LogP contribution is -2.46. The summed E-state index contributed by atoms with van der Waals surface area (Å²) in [4.78, 5) is 26.0. The summed E-state index contributed by atoms with van der Waals surface area (Å²) in [5, 5.41) is 0. The Morgan fingerprint density at radius 1 is 1.31 bits per heavy atom. The second-order valence-electron chi connectivity index (χ2n) is 6.50. The SMILES string of the molecule is CCN(C(=O)[C@@H](C)OC(=O)/C=C/c1ccc(C)cc1)[C@@H]1CCS(=O)(=O)C1. The molecule has 1 saturated heterocycles. The van der Waals surface area contributed by atoms with E-state index in [9.17, 15) is 18.0 Å². The third-order valence-electron chi connectivity index (χ3n) is 4.40. The van der Waals surface area contributed by atoms with Gasteiger partial charge in [-0.1, -0.05) is 29.8 Å². The number of nitrogens with zero attached hydrogens (tertiary/aromatic N) is 1. The predicted octanol–water partition coefficient (Wildman–Crippen LogP) is 1.98. The van der Waals surface area contributed by atoms with Crippen molar-refractivity contribution in [2.75, 3.05) is 18.1 Å². The van der Waals surface area contributed by atoms with Gasteiger partial charge in [0.05, 0.1) is 11.5 Å². The molecule has 142 valence electrons. The van der Waals surface area contributed by atoms with E-state index in [0.29, 0.717) is 13.0 Å². The first-order valence-corrected chi connectivity index (χ1v) is 10.5. The summed E-state index contributed by atoms with van der Waals surface area (Å²) in [5.74, 6) is -0.914. The van der Waals surface area contributed by atoms with E-state index in [1.807, 2.05) is 31.2 Å². The second-order valence-corrected chi connectivity index (χ2v) is 8.73. The van der Waals surface area contributed by atoms with Crippen molar-refractivity contribution in [3.63, 3.8) is 0 Å². The summed E-state index contributed by atoms with van der Waals surface area (Å²) in [6.07, 6.45) is 2.37. The van der Waals surface area contributed by atoms with Gasteiger partial charge in [-0.3, -0.25) is 4.79 Å². The predicted molar refractivity (Wildman–Crippen MR) is 100 cm³/mol. The van der Waals surface area contributed by atoms with Gasteiger partial charge in [0.1, 0.15) is 0 Å². The van der Waals surface area contributed by atoms with Gasteiger partial charge in [0.25, 0.3) is 5.91 Å². The highest BCUT2D eigenvalue weighted by molar-refractivity contribution is 7.91. The Morgan fingerprint density at radius 3 is 2.50 bits per heavy atom. The van der Waals surface area contributed by atoms with Gasteiger partial charge in [-0.15, -0.1) is 0 Å². The number of hydrogen-bond acceptors (Lipinski definition) is 5. The van der Waals surface area contributed by atoms with Gasteiger partial charge < -0.3 is 9.64 Å². The number of benzene rings is 1. The minimum atomic E-state index is -3.09. The Balaban J connectivity index is 1.94.